The van der Waals surface area contributed by atoms with E-state index in [0.29, 0.717) is 19.8 Å². The Morgan fingerprint density at radius 3 is 2.42 bits per heavy atom. The molecule has 2 N–H and O–H groups in total. The van der Waals surface area contributed by atoms with Gasteiger partial charge >= 0.3 is 0 Å². The normalized spacial score (nSPS) is 12.0. The molecule has 0 spiro atoms. The molecule has 2 rings (SSSR count). The van der Waals surface area contributed by atoms with E-state index in [-0.39, 0.29) is 12.6 Å². The van der Waals surface area contributed by atoms with Gasteiger partial charge in [0.25, 0.3) is 0 Å². The molecule has 0 saturated carbocycles. The summed E-state index contributed by atoms with van der Waals surface area (Å²) in [6.07, 6.45) is 0.896. The van der Waals surface area contributed by atoms with E-state index in [9.17, 15) is 5.11 Å². The van der Waals surface area contributed by atoms with Gasteiger partial charge < -0.3 is 19.9 Å². The fourth-order valence-corrected chi connectivity index (χ4v) is 2.39. The summed E-state index contributed by atoms with van der Waals surface area (Å²) in [5, 5.41) is 12.6. The minimum atomic E-state index is 0.120. The minimum absolute atomic E-state index is 0.120. The van der Waals surface area contributed by atoms with Crippen LogP contribution in [-0.2, 0) is 13.2 Å². The Balaban J connectivity index is 2.02. The monoisotopic (exact) mass is 329 g/mol. The molecule has 130 valence electrons. The van der Waals surface area contributed by atoms with Crippen molar-refractivity contribution in [3.05, 3.63) is 59.7 Å². The Bertz CT molecular complexity index is 597. The number of rotatable bonds is 10. The molecule has 24 heavy (non-hydrogen) atoms. The number of hydrogen-bond acceptors (Lipinski definition) is 4. The summed E-state index contributed by atoms with van der Waals surface area (Å²) in [4.78, 5) is 0. The number of benzene rings is 2. The Morgan fingerprint density at radius 1 is 0.958 bits per heavy atom. The van der Waals surface area contributed by atoms with Crippen LogP contribution in [0.2, 0.25) is 0 Å². The second-order valence-corrected chi connectivity index (χ2v) is 5.66. The molecule has 0 bridgehead atoms. The highest BCUT2D eigenvalue weighted by Gasteiger charge is 2.09. The van der Waals surface area contributed by atoms with E-state index >= 15 is 0 Å². The predicted octanol–water partition coefficient (Wildman–Crippen LogP) is 3.52. The molecule has 4 heteroatoms. The van der Waals surface area contributed by atoms with Crippen molar-refractivity contribution < 1.29 is 14.6 Å². The highest BCUT2D eigenvalue weighted by molar-refractivity contribution is 5.43. The van der Waals surface area contributed by atoms with E-state index < -0.39 is 0 Å². The van der Waals surface area contributed by atoms with Crippen LogP contribution < -0.4 is 14.8 Å². The van der Waals surface area contributed by atoms with Gasteiger partial charge in [-0.15, -0.1) is 0 Å². The van der Waals surface area contributed by atoms with Crippen molar-refractivity contribution >= 4 is 0 Å². The van der Waals surface area contributed by atoms with Gasteiger partial charge in [-0.2, -0.15) is 0 Å². The molecule has 2 aromatic rings. The van der Waals surface area contributed by atoms with Gasteiger partial charge in [0.15, 0.2) is 11.5 Å². The van der Waals surface area contributed by atoms with Crippen molar-refractivity contribution in [1.29, 1.82) is 0 Å². The van der Waals surface area contributed by atoms with Crippen LogP contribution in [-0.4, -0.2) is 24.4 Å². The minimum Gasteiger partial charge on any atom is -0.490 e. The van der Waals surface area contributed by atoms with E-state index in [2.05, 4.69) is 12.2 Å². The van der Waals surface area contributed by atoms with Crippen LogP contribution in [0.15, 0.2) is 48.5 Å². The van der Waals surface area contributed by atoms with Crippen LogP contribution in [0.3, 0.4) is 0 Å². The van der Waals surface area contributed by atoms with E-state index in [1.54, 1.807) is 0 Å². The maximum atomic E-state index is 9.26. The Labute approximate surface area is 144 Å². The lowest BCUT2D eigenvalue weighted by atomic mass is 10.1. The summed E-state index contributed by atoms with van der Waals surface area (Å²) in [6, 6.07) is 16.2. The fourth-order valence-electron chi connectivity index (χ4n) is 2.39. The summed E-state index contributed by atoms with van der Waals surface area (Å²) < 4.78 is 11.6. The second-order valence-electron chi connectivity index (χ2n) is 5.66. The molecule has 0 aliphatic rings. The number of aliphatic hydroxyl groups excluding tert-OH is 1. The zero-order valence-electron chi connectivity index (χ0n) is 14.5. The molecular formula is C20H27NO3. The van der Waals surface area contributed by atoms with Gasteiger partial charge in [-0.05, 0) is 36.6 Å². The lowest BCUT2D eigenvalue weighted by Gasteiger charge is -2.16. The fraction of sp³-hybridized carbons (Fsp3) is 0.400. The Hall–Kier alpha value is -2.04. The van der Waals surface area contributed by atoms with Crippen LogP contribution >= 0.6 is 0 Å². The Morgan fingerprint density at radius 2 is 1.75 bits per heavy atom. The standard InChI is InChI=1S/C20H27NO3/c1-3-18(14-22)21-13-17-10-11-19(20(12-17)23-4-2)24-15-16-8-6-5-7-9-16/h5-12,18,21-22H,3-4,13-15H2,1-2H3/t18-/m0/s1. The first-order valence-corrected chi connectivity index (χ1v) is 8.53. The van der Waals surface area contributed by atoms with Gasteiger partial charge in [0.05, 0.1) is 13.2 Å². The van der Waals surface area contributed by atoms with Gasteiger partial charge in [0, 0.05) is 12.6 Å². The van der Waals surface area contributed by atoms with Crippen LogP contribution in [0.1, 0.15) is 31.4 Å². The highest BCUT2D eigenvalue weighted by atomic mass is 16.5. The van der Waals surface area contributed by atoms with Gasteiger partial charge in [-0.25, -0.2) is 0 Å². The van der Waals surface area contributed by atoms with Crippen molar-refractivity contribution in [3.63, 3.8) is 0 Å². The number of nitrogens with one attached hydrogen (secondary N) is 1. The lowest BCUT2D eigenvalue weighted by Crippen LogP contribution is -2.31. The molecule has 0 amide bonds. The first-order valence-electron chi connectivity index (χ1n) is 8.53. The smallest absolute Gasteiger partial charge is 0.161 e. The van der Waals surface area contributed by atoms with Gasteiger partial charge in [0.2, 0.25) is 0 Å². The molecule has 0 aliphatic heterocycles. The second kappa shape index (κ2) is 9.96. The van der Waals surface area contributed by atoms with Crippen molar-refractivity contribution in [2.24, 2.45) is 0 Å². The van der Waals surface area contributed by atoms with Crippen molar-refractivity contribution in [3.8, 4) is 11.5 Å². The van der Waals surface area contributed by atoms with Crippen LogP contribution in [0.5, 0.6) is 11.5 Å². The molecule has 2 aromatic carbocycles. The predicted molar refractivity (Wildman–Crippen MR) is 96.4 cm³/mol. The molecule has 1 atom stereocenters. The highest BCUT2D eigenvalue weighted by Crippen LogP contribution is 2.29. The molecule has 0 aromatic heterocycles. The molecule has 0 aliphatic carbocycles. The number of ether oxygens (including phenoxy) is 2. The van der Waals surface area contributed by atoms with Crippen LogP contribution in [0, 0.1) is 0 Å². The summed E-state index contributed by atoms with van der Waals surface area (Å²) in [6.45, 7) is 5.96. The largest absolute Gasteiger partial charge is 0.490 e. The third-order valence-electron chi connectivity index (χ3n) is 3.85. The maximum Gasteiger partial charge on any atom is 0.161 e. The number of hydrogen-bond donors (Lipinski definition) is 2. The zero-order chi connectivity index (χ0) is 17.2. The van der Waals surface area contributed by atoms with E-state index in [4.69, 9.17) is 9.47 Å². The SMILES string of the molecule is CCOc1cc(CN[C@@H](CC)CO)ccc1OCc1ccccc1. The van der Waals surface area contributed by atoms with Crippen molar-refractivity contribution in [1.82, 2.24) is 5.32 Å². The molecular weight excluding hydrogens is 302 g/mol. The lowest BCUT2D eigenvalue weighted by molar-refractivity contribution is 0.238. The topological polar surface area (TPSA) is 50.7 Å². The maximum absolute atomic E-state index is 9.26. The first-order chi connectivity index (χ1) is 11.8. The summed E-state index contributed by atoms with van der Waals surface area (Å²) in [5.41, 5.74) is 2.23. The van der Waals surface area contributed by atoms with Crippen molar-refractivity contribution in [2.75, 3.05) is 13.2 Å². The third kappa shape index (κ3) is 5.55. The van der Waals surface area contributed by atoms with Gasteiger partial charge in [-0.1, -0.05) is 43.3 Å². The molecule has 0 radical (unpaired) electrons. The zero-order valence-corrected chi connectivity index (χ0v) is 14.5. The molecule has 0 fully saturated rings. The average molecular weight is 329 g/mol. The Kier molecular flexibility index (Phi) is 7.59. The van der Waals surface area contributed by atoms with Gasteiger partial charge in [-0.3, -0.25) is 0 Å². The molecule has 0 saturated heterocycles. The third-order valence-corrected chi connectivity index (χ3v) is 3.85. The van der Waals surface area contributed by atoms with E-state index in [0.717, 1.165) is 29.0 Å². The first kappa shape index (κ1) is 18.3. The quantitative estimate of drug-likeness (QED) is 0.700. The van der Waals surface area contributed by atoms with Gasteiger partial charge in [0.1, 0.15) is 6.61 Å². The average Bonchev–Trinajstić information content (AvgIpc) is 2.63. The van der Waals surface area contributed by atoms with Crippen LogP contribution in [0.25, 0.3) is 0 Å². The van der Waals surface area contributed by atoms with E-state index in [1.165, 1.54) is 0 Å². The summed E-state index contributed by atoms with van der Waals surface area (Å²) in [5.74, 6) is 1.50. The van der Waals surface area contributed by atoms with Crippen molar-refractivity contribution in [2.45, 2.75) is 39.5 Å². The summed E-state index contributed by atoms with van der Waals surface area (Å²) >= 11 is 0. The van der Waals surface area contributed by atoms with Crippen LogP contribution in [0.4, 0.5) is 0 Å². The molecule has 0 unspecified atom stereocenters. The summed E-state index contributed by atoms with van der Waals surface area (Å²) in [7, 11) is 0. The number of aliphatic hydroxyl groups is 1. The molecule has 0 heterocycles. The van der Waals surface area contributed by atoms with E-state index in [1.807, 2.05) is 55.5 Å². The molecule has 4 nitrogen and oxygen atoms in total.